The van der Waals surface area contributed by atoms with E-state index in [2.05, 4.69) is 67.2 Å². The molecule has 1 aromatic heterocycles. The molecule has 1 heteroatoms. The topological polar surface area (TPSA) is 4.93 Å². The molecule has 1 aliphatic carbocycles. The molecule has 2 aromatic rings. The Balaban J connectivity index is 2.08. The standard InChI is InChI=1S/C17H19N/c1-3-7-15-14-9-5-4-8-13(14)12-16(15)17-10-6-11-18(17)2/h4-6,8-12,15H,3,7H2,1-2H3. The molecule has 0 amide bonds. The fourth-order valence-corrected chi connectivity index (χ4v) is 3.01. The van der Waals surface area contributed by atoms with Crippen molar-refractivity contribution in [3.63, 3.8) is 0 Å². The first-order chi connectivity index (χ1) is 8.81. The van der Waals surface area contributed by atoms with Gasteiger partial charge in [-0.25, -0.2) is 0 Å². The molecule has 3 rings (SSSR count). The third-order valence-corrected chi connectivity index (χ3v) is 3.87. The molecule has 0 bridgehead atoms. The molecule has 1 unspecified atom stereocenters. The molecule has 0 radical (unpaired) electrons. The van der Waals surface area contributed by atoms with E-state index in [0.29, 0.717) is 5.92 Å². The molecule has 0 N–H and O–H groups in total. The van der Waals surface area contributed by atoms with Gasteiger partial charge in [-0.3, -0.25) is 0 Å². The van der Waals surface area contributed by atoms with Gasteiger partial charge in [0.2, 0.25) is 0 Å². The van der Waals surface area contributed by atoms with Crippen molar-refractivity contribution in [2.45, 2.75) is 25.7 Å². The summed E-state index contributed by atoms with van der Waals surface area (Å²) >= 11 is 0. The maximum atomic E-state index is 2.37. The van der Waals surface area contributed by atoms with E-state index in [1.54, 1.807) is 0 Å². The average molecular weight is 237 g/mol. The first-order valence-corrected chi connectivity index (χ1v) is 6.73. The van der Waals surface area contributed by atoms with Gasteiger partial charge in [0.05, 0.1) is 0 Å². The van der Waals surface area contributed by atoms with Crippen LogP contribution in [0.15, 0.2) is 42.6 Å². The van der Waals surface area contributed by atoms with Crippen molar-refractivity contribution in [2.75, 3.05) is 0 Å². The van der Waals surface area contributed by atoms with E-state index >= 15 is 0 Å². The molecule has 1 nitrogen and oxygen atoms in total. The van der Waals surface area contributed by atoms with Crippen molar-refractivity contribution < 1.29 is 0 Å². The van der Waals surface area contributed by atoms with Gasteiger partial charge in [0.15, 0.2) is 0 Å². The molecular weight excluding hydrogens is 218 g/mol. The maximum absolute atomic E-state index is 2.37. The Hall–Kier alpha value is -1.76. The number of hydrogen-bond donors (Lipinski definition) is 0. The second-order valence-electron chi connectivity index (χ2n) is 5.07. The van der Waals surface area contributed by atoms with Crippen LogP contribution in [0.5, 0.6) is 0 Å². The lowest BCUT2D eigenvalue weighted by atomic mass is 9.90. The Kier molecular flexibility index (Phi) is 2.83. The van der Waals surface area contributed by atoms with E-state index in [1.807, 2.05) is 0 Å². The van der Waals surface area contributed by atoms with E-state index in [9.17, 15) is 0 Å². The highest BCUT2D eigenvalue weighted by Gasteiger charge is 2.26. The summed E-state index contributed by atoms with van der Waals surface area (Å²) in [4.78, 5) is 0. The van der Waals surface area contributed by atoms with Crippen LogP contribution in [0.25, 0.3) is 11.6 Å². The molecule has 1 aliphatic rings. The molecular formula is C17H19N. The van der Waals surface area contributed by atoms with Gasteiger partial charge in [-0.1, -0.05) is 37.6 Å². The van der Waals surface area contributed by atoms with Gasteiger partial charge in [-0.2, -0.15) is 0 Å². The number of allylic oxidation sites excluding steroid dienone is 1. The molecule has 92 valence electrons. The zero-order valence-corrected chi connectivity index (χ0v) is 11.1. The number of aromatic nitrogens is 1. The molecule has 0 aliphatic heterocycles. The molecule has 1 heterocycles. The first-order valence-electron chi connectivity index (χ1n) is 6.73. The molecule has 1 aromatic carbocycles. The van der Waals surface area contributed by atoms with Crippen molar-refractivity contribution in [1.29, 1.82) is 0 Å². The van der Waals surface area contributed by atoms with Gasteiger partial charge < -0.3 is 4.57 Å². The predicted octanol–water partition coefficient (Wildman–Crippen LogP) is 4.46. The molecule has 1 atom stereocenters. The van der Waals surface area contributed by atoms with Crippen molar-refractivity contribution in [3.8, 4) is 0 Å². The van der Waals surface area contributed by atoms with Crippen LogP contribution in [-0.4, -0.2) is 4.57 Å². The largest absolute Gasteiger partial charge is 0.351 e. The SMILES string of the molecule is CCCC1C(c2cccn2C)=Cc2ccccc21. The van der Waals surface area contributed by atoms with Gasteiger partial charge in [0, 0.05) is 24.9 Å². The van der Waals surface area contributed by atoms with Crippen molar-refractivity contribution >= 4 is 11.6 Å². The monoisotopic (exact) mass is 237 g/mol. The Morgan fingerprint density at radius 3 is 2.67 bits per heavy atom. The quantitative estimate of drug-likeness (QED) is 0.742. The van der Waals surface area contributed by atoms with E-state index in [4.69, 9.17) is 0 Å². The highest BCUT2D eigenvalue weighted by atomic mass is 14.9. The number of benzene rings is 1. The lowest BCUT2D eigenvalue weighted by Crippen LogP contribution is -2.01. The van der Waals surface area contributed by atoms with Crippen molar-refractivity contribution in [2.24, 2.45) is 7.05 Å². The number of aryl methyl sites for hydroxylation is 1. The summed E-state index contributed by atoms with van der Waals surface area (Å²) in [5.41, 5.74) is 5.72. The number of rotatable bonds is 3. The highest BCUT2D eigenvalue weighted by molar-refractivity contribution is 5.90. The molecule has 0 saturated carbocycles. The Labute approximate surface area is 109 Å². The normalized spacial score (nSPS) is 17.7. The zero-order valence-electron chi connectivity index (χ0n) is 11.1. The van der Waals surface area contributed by atoms with Crippen LogP contribution in [0.3, 0.4) is 0 Å². The molecule has 0 saturated heterocycles. The number of hydrogen-bond acceptors (Lipinski definition) is 0. The summed E-state index contributed by atoms with van der Waals surface area (Å²) in [6.07, 6.45) is 6.95. The van der Waals surface area contributed by atoms with E-state index in [1.165, 1.54) is 35.2 Å². The van der Waals surface area contributed by atoms with Crippen LogP contribution in [0.1, 0.15) is 42.5 Å². The highest BCUT2D eigenvalue weighted by Crippen LogP contribution is 2.44. The lowest BCUT2D eigenvalue weighted by Gasteiger charge is -2.16. The second-order valence-corrected chi connectivity index (χ2v) is 5.07. The van der Waals surface area contributed by atoms with Crippen LogP contribution in [-0.2, 0) is 7.05 Å². The molecule has 0 spiro atoms. The van der Waals surface area contributed by atoms with Gasteiger partial charge >= 0.3 is 0 Å². The fraction of sp³-hybridized carbons (Fsp3) is 0.294. The van der Waals surface area contributed by atoms with Crippen LogP contribution >= 0.6 is 0 Å². The van der Waals surface area contributed by atoms with E-state index < -0.39 is 0 Å². The van der Waals surface area contributed by atoms with Crippen LogP contribution < -0.4 is 0 Å². The molecule has 18 heavy (non-hydrogen) atoms. The van der Waals surface area contributed by atoms with Gasteiger partial charge in [0.25, 0.3) is 0 Å². The summed E-state index contributed by atoms with van der Waals surface area (Å²) in [6, 6.07) is 13.1. The number of nitrogens with zero attached hydrogens (tertiary/aromatic N) is 1. The second kappa shape index (κ2) is 4.49. The van der Waals surface area contributed by atoms with Crippen LogP contribution in [0, 0.1) is 0 Å². The van der Waals surface area contributed by atoms with Gasteiger partial charge in [-0.05, 0) is 41.3 Å². The average Bonchev–Trinajstić information content (AvgIpc) is 2.94. The minimum Gasteiger partial charge on any atom is -0.351 e. The van der Waals surface area contributed by atoms with Crippen LogP contribution in [0.2, 0.25) is 0 Å². The maximum Gasteiger partial charge on any atom is 0.0443 e. The third-order valence-electron chi connectivity index (χ3n) is 3.87. The Morgan fingerprint density at radius 2 is 1.94 bits per heavy atom. The van der Waals surface area contributed by atoms with E-state index in [-0.39, 0.29) is 0 Å². The molecule has 0 fully saturated rings. The lowest BCUT2D eigenvalue weighted by molar-refractivity contribution is 0.729. The Morgan fingerprint density at radius 1 is 1.11 bits per heavy atom. The van der Waals surface area contributed by atoms with Crippen LogP contribution in [0.4, 0.5) is 0 Å². The summed E-state index contributed by atoms with van der Waals surface area (Å²) in [5, 5.41) is 0. The minimum atomic E-state index is 0.569. The summed E-state index contributed by atoms with van der Waals surface area (Å²) in [5.74, 6) is 0.569. The summed E-state index contributed by atoms with van der Waals surface area (Å²) in [6.45, 7) is 2.27. The van der Waals surface area contributed by atoms with E-state index in [0.717, 1.165) is 0 Å². The fourth-order valence-electron chi connectivity index (χ4n) is 3.01. The Bertz CT molecular complexity index is 589. The third kappa shape index (κ3) is 1.71. The number of fused-ring (bicyclic) bond motifs is 1. The summed E-state index contributed by atoms with van der Waals surface area (Å²) in [7, 11) is 2.13. The summed E-state index contributed by atoms with van der Waals surface area (Å²) < 4.78 is 2.22. The minimum absolute atomic E-state index is 0.569. The predicted molar refractivity (Wildman–Crippen MR) is 77.4 cm³/mol. The van der Waals surface area contributed by atoms with Crippen molar-refractivity contribution in [1.82, 2.24) is 4.57 Å². The smallest absolute Gasteiger partial charge is 0.0443 e. The van der Waals surface area contributed by atoms with Gasteiger partial charge in [-0.15, -0.1) is 0 Å². The van der Waals surface area contributed by atoms with Gasteiger partial charge in [0.1, 0.15) is 0 Å². The van der Waals surface area contributed by atoms with Crippen molar-refractivity contribution in [3.05, 3.63) is 59.4 Å². The zero-order chi connectivity index (χ0) is 12.5. The first kappa shape index (κ1) is 11.3.